The highest BCUT2D eigenvalue weighted by molar-refractivity contribution is 9.08. The van der Waals surface area contributed by atoms with Gasteiger partial charge in [-0.05, 0) is 27.1 Å². The maximum Gasteiger partial charge on any atom is 0.194 e. The molecule has 0 unspecified atom stereocenters. The van der Waals surface area contributed by atoms with Crippen LogP contribution in [0.1, 0.15) is 21.5 Å². The van der Waals surface area contributed by atoms with Crippen LogP contribution in [-0.2, 0) is 5.33 Å². The fourth-order valence-corrected chi connectivity index (χ4v) is 3.95. The average Bonchev–Trinajstić information content (AvgIpc) is 2.66. The van der Waals surface area contributed by atoms with E-state index in [0.717, 1.165) is 38.0 Å². The molecule has 0 fully saturated rings. The van der Waals surface area contributed by atoms with Crippen LogP contribution in [0.15, 0.2) is 78.9 Å². The zero-order valence-corrected chi connectivity index (χ0v) is 14.6. The van der Waals surface area contributed by atoms with Crippen molar-refractivity contribution in [3.8, 4) is 0 Å². The number of fused-ring (bicyclic) bond motifs is 2. The van der Waals surface area contributed by atoms with E-state index in [1.807, 2.05) is 66.7 Å². The average molecular weight is 375 g/mol. The predicted molar refractivity (Wildman–Crippen MR) is 104 cm³/mol. The van der Waals surface area contributed by atoms with Crippen LogP contribution < -0.4 is 0 Å². The number of rotatable bonds is 3. The number of benzene rings is 4. The van der Waals surface area contributed by atoms with Gasteiger partial charge in [0.15, 0.2) is 5.78 Å². The van der Waals surface area contributed by atoms with E-state index in [-0.39, 0.29) is 5.78 Å². The van der Waals surface area contributed by atoms with E-state index in [1.165, 1.54) is 5.56 Å². The highest BCUT2D eigenvalue weighted by Crippen LogP contribution is 2.35. The van der Waals surface area contributed by atoms with Crippen molar-refractivity contribution in [2.45, 2.75) is 5.33 Å². The lowest BCUT2D eigenvalue weighted by atomic mass is 9.89. The van der Waals surface area contributed by atoms with Crippen molar-refractivity contribution in [1.82, 2.24) is 0 Å². The van der Waals surface area contributed by atoms with Crippen LogP contribution in [0.3, 0.4) is 0 Å². The van der Waals surface area contributed by atoms with Gasteiger partial charge in [-0.2, -0.15) is 0 Å². The summed E-state index contributed by atoms with van der Waals surface area (Å²) in [7, 11) is 0. The van der Waals surface area contributed by atoms with Gasteiger partial charge in [0.05, 0.1) is 0 Å². The molecule has 0 saturated heterocycles. The predicted octanol–water partition coefficient (Wildman–Crippen LogP) is 6.12. The highest BCUT2D eigenvalue weighted by Gasteiger charge is 2.19. The van der Waals surface area contributed by atoms with Gasteiger partial charge in [-0.25, -0.2) is 0 Å². The standard InChI is InChI=1S/C22H15BrO/c23-14-20-16-10-4-6-12-18(16)21(19-13-7-5-11-17(19)20)22(24)15-8-2-1-3-9-15/h1-13H,14H2. The Morgan fingerprint density at radius 1 is 0.667 bits per heavy atom. The molecule has 24 heavy (non-hydrogen) atoms. The molecular formula is C22H15BrO. The Bertz CT molecular complexity index is 994. The Labute approximate surface area is 149 Å². The van der Waals surface area contributed by atoms with Crippen LogP contribution in [-0.4, -0.2) is 5.78 Å². The van der Waals surface area contributed by atoms with Gasteiger partial charge >= 0.3 is 0 Å². The molecule has 0 N–H and O–H groups in total. The molecule has 1 nitrogen and oxygen atoms in total. The molecule has 4 aromatic carbocycles. The van der Waals surface area contributed by atoms with Crippen molar-refractivity contribution in [3.63, 3.8) is 0 Å². The number of hydrogen-bond donors (Lipinski definition) is 0. The number of carbonyl (C=O) groups excluding carboxylic acids is 1. The van der Waals surface area contributed by atoms with Gasteiger partial charge in [0.2, 0.25) is 0 Å². The van der Waals surface area contributed by atoms with Crippen molar-refractivity contribution >= 4 is 43.3 Å². The molecule has 116 valence electrons. The molecule has 0 aliphatic heterocycles. The van der Waals surface area contributed by atoms with E-state index in [4.69, 9.17) is 0 Å². The first kappa shape index (κ1) is 15.1. The lowest BCUT2D eigenvalue weighted by molar-refractivity contribution is 0.104. The number of carbonyl (C=O) groups is 1. The molecular weight excluding hydrogens is 360 g/mol. The van der Waals surface area contributed by atoms with Crippen LogP contribution in [0.4, 0.5) is 0 Å². The molecule has 0 atom stereocenters. The van der Waals surface area contributed by atoms with E-state index >= 15 is 0 Å². The third-order valence-corrected chi connectivity index (χ3v) is 5.00. The van der Waals surface area contributed by atoms with Gasteiger partial charge < -0.3 is 0 Å². The SMILES string of the molecule is O=C(c1ccccc1)c1c2ccccc2c(CBr)c2ccccc12. The summed E-state index contributed by atoms with van der Waals surface area (Å²) in [6, 6.07) is 25.8. The summed E-state index contributed by atoms with van der Waals surface area (Å²) in [5, 5.41) is 5.05. The van der Waals surface area contributed by atoms with Crippen molar-refractivity contribution in [2.75, 3.05) is 0 Å². The second-order valence-electron chi connectivity index (χ2n) is 5.77. The van der Waals surface area contributed by atoms with Crippen LogP contribution in [0.25, 0.3) is 21.5 Å². The Morgan fingerprint density at radius 2 is 1.12 bits per heavy atom. The minimum atomic E-state index is 0.0733. The number of hydrogen-bond acceptors (Lipinski definition) is 1. The fraction of sp³-hybridized carbons (Fsp3) is 0.0455. The zero-order chi connectivity index (χ0) is 16.5. The van der Waals surface area contributed by atoms with E-state index in [9.17, 15) is 4.79 Å². The molecule has 4 aromatic rings. The largest absolute Gasteiger partial charge is 0.289 e. The molecule has 0 saturated carbocycles. The normalized spacial score (nSPS) is 11.0. The summed E-state index contributed by atoms with van der Waals surface area (Å²) >= 11 is 3.62. The third kappa shape index (κ3) is 2.35. The summed E-state index contributed by atoms with van der Waals surface area (Å²) in [4.78, 5) is 13.3. The molecule has 4 rings (SSSR count). The van der Waals surface area contributed by atoms with Crippen molar-refractivity contribution in [2.24, 2.45) is 0 Å². The number of ketones is 1. The van der Waals surface area contributed by atoms with Crippen LogP contribution in [0, 0.1) is 0 Å². The molecule has 0 aromatic heterocycles. The van der Waals surface area contributed by atoms with E-state index in [0.29, 0.717) is 0 Å². The monoisotopic (exact) mass is 374 g/mol. The van der Waals surface area contributed by atoms with Crippen LogP contribution in [0.5, 0.6) is 0 Å². The first-order chi connectivity index (χ1) is 11.8. The lowest BCUT2D eigenvalue weighted by Crippen LogP contribution is -2.04. The topological polar surface area (TPSA) is 17.1 Å². The molecule has 0 aliphatic carbocycles. The smallest absolute Gasteiger partial charge is 0.194 e. The van der Waals surface area contributed by atoms with Crippen LogP contribution >= 0.6 is 15.9 Å². The Morgan fingerprint density at radius 3 is 1.62 bits per heavy atom. The molecule has 0 bridgehead atoms. The van der Waals surface area contributed by atoms with E-state index in [1.54, 1.807) is 0 Å². The Kier molecular flexibility index (Phi) is 3.91. The summed E-state index contributed by atoms with van der Waals surface area (Å²) in [5.74, 6) is 0.0733. The fourth-order valence-electron chi connectivity index (χ4n) is 3.34. The molecule has 0 spiro atoms. The van der Waals surface area contributed by atoms with Crippen LogP contribution in [0.2, 0.25) is 0 Å². The summed E-state index contributed by atoms with van der Waals surface area (Å²) in [5.41, 5.74) is 2.74. The molecule has 0 heterocycles. The maximum atomic E-state index is 13.3. The van der Waals surface area contributed by atoms with E-state index < -0.39 is 0 Å². The van der Waals surface area contributed by atoms with Crippen molar-refractivity contribution in [3.05, 3.63) is 95.6 Å². The summed E-state index contributed by atoms with van der Waals surface area (Å²) < 4.78 is 0. The quantitative estimate of drug-likeness (QED) is 0.240. The van der Waals surface area contributed by atoms with Gasteiger partial charge in [0.25, 0.3) is 0 Å². The van der Waals surface area contributed by atoms with Gasteiger partial charge in [0.1, 0.15) is 0 Å². The van der Waals surface area contributed by atoms with Crippen molar-refractivity contribution in [1.29, 1.82) is 0 Å². The summed E-state index contributed by atoms with van der Waals surface area (Å²) in [6.45, 7) is 0. The van der Waals surface area contributed by atoms with Gasteiger partial charge in [-0.3, -0.25) is 4.79 Å². The van der Waals surface area contributed by atoms with E-state index in [2.05, 4.69) is 28.1 Å². The minimum absolute atomic E-state index is 0.0733. The highest BCUT2D eigenvalue weighted by atomic mass is 79.9. The summed E-state index contributed by atoms with van der Waals surface area (Å²) in [6.07, 6.45) is 0. The third-order valence-electron chi connectivity index (χ3n) is 4.44. The first-order valence-corrected chi connectivity index (χ1v) is 9.01. The Hall–Kier alpha value is -2.45. The van der Waals surface area contributed by atoms with Gasteiger partial charge in [-0.1, -0.05) is 94.8 Å². The second-order valence-corrected chi connectivity index (χ2v) is 6.33. The zero-order valence-electron chi connectivity index (χ0n) is 13.0. The van der Waals surface area contributed by atoms with Gasteiger partial charge in [-0.15, -0.1) is 0 Å². The lowest BCUT2D eigenvalue weighted by Gasteiger charge is -2.15. The first-order valence-electron chi connectivity index (χ1n) is 7.89. The second kappa shape index (κ2) is 6.21. The minimum Gasteiger partial charge on any atom is -0.289 e. The number of alkyl halides is 1. The maximum absolute atomic E-state index is 13.3. The van der Waals surface area contributed by atoms with Gasteiger partial charge in [0, 0.05) is 16.5 Å². The molecule has 0 aliphatic rings. The number of halogens is 1. The van der Waals surface area contributed by atoms with Crippen molar-refractivity contribution < 1.29 is 4.79 Å². The Balaban J connectivity index is 2.15. The molecule has 0 amide bonds. The molecule has 2 heteroatoms. The molecule has 0 radical (unpaired) electrons.